The van der Waals surface area contributed by atoms with Crippen molar-refractivity contribution in [1.82, 2.24) is 4.98 Å². The number of hydrogen-bond donors (Lipinski definition) is 1. The number of halogens is 1. The minimum Gasteiger partial charge on any atom is -0.495 e. The highest BCUT2D eigenvalue weighted by Crippen LogP contribution is 2.35. The Morgan fingerprint density at radius 3 is 2.67 bits per heavy atom. The van der Waals surface area contributed by atoms with Gasteiger partial charge in [-0.3, -0.25) is 0 Å². The van der Waals surface area contributed by atoms with Crippen LogP contribution < -0.4 is 4.74 Å². The van der Waals surface area contributed by atoms with E-state index < -0.39 is 0 Å². The van der Waals surface area contributed by atoms with Gasteiger partial charge in [-0.15, -0.1) is 0 Å². The predicted octanol–water partition coefficient (Wildman–Crippen LogP) is 3.95. The summed E-state index contributed by atoms with van der Waals surface area (Å²) < 4.78 is 5.29. The fourth-order valence-electron chi connectivity index (χ4n) is 1.75. The molecule has 0 unspecified atom stereocenters. The Hall–Kier alpha value is -1.15. The number of H-pyrrole nitrogens is 1. The summed E-state index contributed by atoms with van der Waals surface area (Å²) in [6, 6.07) is 5.88. The highest BCUT2D eigenvalue weighted by atomic mass is 35.5. The van der Waals surface area contributed by atoms with Gasteiger partial charge in [-0.1, -0.05) is 37.6 Å². The van der Waals surface area contributed by atoms with Gasteiger partial charge >= 0.3 is 0 Å². The van der Waals surface area contributed by atoms with E-state index in [1.807, 2.05) is 18.2 Å². The second-order valence-corrected chi connectivity index (χ2v) is 4.27. The van der Waals surface area contributed by atoms with Crippen molar-refractivity contribution < 1.29 is 4.74 Å². The Kier molecular flexibility index (Phi) is 2.61. The molecule has 0 bridgehead atoms. The average molecular weight is 224 g/mol. The van der Waals surface area contributed by atoms with E-state index in [1.54, 1.807) is 7.11 Å². The summed E-state index contributed by atoms with van der Waals surface area (Å²) >= 11 is 6.29. The summed E-state index contributed by atoms with van der Waals surface area (Å²) in [6.45, 7) is 4.23. The monoisotopic (exact) mass is 223 g/mol. The standard InChI is InChI=1S/C12H14ClNO/c1-7(2)11-10(13)8-5-4-6-9(15-3)12(8)14-11/h4-7,14H,1-3H3. The number of rotatable bonds is 2. The molecule has 2 aromatic rings. The predicted molar refractivity (Wildman–Crippen MR) is 63.9 cm³/mol. The number of aromatic amines is 1. The van der Waals surface area contributed by atoms with E-state index >= 15 is 0 Å². The van der Waals surface area contributed by atoms with Crippen LogP contribution in [0, 0.1) is 0 Å². The second-order valence-electron chi connectivity index (χ2n) is 3.89. The van der Waals surface area contributed by atoms with Crippen LogP contribution in [-0.4, -0.2) is 12.1 Å². The molecule has 0 aliphatic rings. The average Bonchev–Trinajstić information content (AvgIpc) is 2.56. The quantitative estimate of drug-likeness (QED) is 0.819. The molecule has 1 N–H and O–H groups in total. The lowest BCUT2D eigenvalue weighted by Crippen LogP contribution is -1.87. The van der Waals surface area contributed by atoms with E-state index in [4.69, 9.17) is 16.3 Å². The molecule has 0 saturated heterocycles. The molecule has 0 aliphatic carbocycles. The van der Waals surface area contributed by atoms with Crippen LogP contribution in [0.25, 0.3) is 10.9 Å². The topological polar surface area (TPSA) is 25.0 Å². The van der Waals surface area contributed by atoms with Crippen molar-refractivity contribution in [3.63, 3.8) is 0 Å². The van der Waals surface area contributed by atoms with E-state index in [0.29, 0.717) is 5.92 Å². The first-order chi connectivity index (χ1) is 7.15. The molecule has 3 heteroatoms. The van der Waals surface area contributed by atoms with Gasteiger partial charge in [-0.2, -0.15) is 0 Å². The van der Waals surface area contributed by atoms with Crippen LogP contribution in [0.4, 0.5) is 0 Å². The number of aromatic nitrogens is 1. The van der Waals surface area contributed by atoms with Gasteiger partial charge in [0.05, 0.1) is 17.6 Å². The van der Waals surface area contributed by atoms with Crippen molar-refractivity contribution in [2.45, 2.75) is 19.8 Å². The van der Waals surface area contributed by atoms with Crippen LogP contribution in [0.1, 0.15) is 25.5 Å². The summed E-state index contributed by atoms with van der Waals surface area (Å²) in [4.78, 5) is 3.33. The van der Waals surface area contributed by atoms with Gasteiger partial charge in [-0.25, -0.2) is 0 Å². The molecule has 1 heterocycles. The van der Waals surface area contributed by atoms with E-state index in [9.17, 15) is 0 Å². The van der Waals surface area contributed by atoms with Crippen molar-refractivity contribution in [2.75, 3.05) is 7.11 Å². The Balaban J connectivity index is 2.75. The van der Waals surface area contributed by atoms with Crippen LogP contribution in [-0.2, 0) is 0 Å². The summed E-state index contributed by atoms with van der Waals surface area (Å²) in [6.07, 6.45) is 0. The van der Waals surface area contributed by atoms with Crippen LogP contribution in [0.2, 0.25) is 5.02 Å². The molecule has 2 nitrogen and oxygen atoms in total. The third-order valence-electron chi connectivity index (χ3n) is 2.56. The highest BCUT2D eigenvalue weighted by Gasteiger charge is 2.14. The smallest absolute Gasteiger partial charge is 0.142 e. The zero-order valence-corrected chi connectivity index (χ0v) is 9.85. The number of methoxy groups -OCH3 is 1. The zero-order valence-electron chi connectivity index (χ0n) is 9.10. The number of para-hydroxylation sites is 1. The lowest BCUT2D eigenvalue weighted by molar-refractivity contribution is 0.419. The van der Waals surface area contributed by atoms with Crippen molar-refractivity contribution in [3.8, 4) is 5.75 Å². The van der Waals surface area contributed by atoms with Crippen LogP contribution in [0.15, 0.2) is 18.2 Å². The van der Waals surface area contributed by atoms with Crippen molar-refractivity contribution >= 4 is 22.5 Å². The summed E-state index contributed by atoms with van der Waals surface area (Å²) in [7, 11) is 1.67. The van der Waals surface area contributed by atoms with Crippen molar-refractivity contribution in [3.05, 3.63) is 28.9 Å². The third-order valence-corrected chi connectivity index (χ3v) is 2.96. The lowest BCUT2D eigenvalue weighted by atomic mass is 10.1. The van der Waals surface area contributed by atoms with Gasteiger partial charge in [-0.05, 0) is 12.0 Å². The Labute approximate surface area is 94.2 Å². The molecule has 0 radical (unpaired) electrons. The van der Waals surface area contributed by atoms with Gasteiger partial charge < -0.3 is 9.72 Å². The van der Waals surface area contributed by atoms with Crippen LogP contribution in [0.3, 0.4) is 0 Å². The molecule has 2 rings (SSSR count). The van der Waals surface area contributed by atoms with Crippen LogP contribution in [0.5, 0.6) is 5.75 Å². The maximum absolute atomic E-state index is 6.29. The van der Waals surface area contributed by atoms with E-state index in [2.05, 4.69) is 18.8 Å². The minimum absolute atomic E-state index is 0.384. The molecular weight excluding hydrogens is 210 g/mol. The summed E-state index contributed by atoms with van der Waals surface area (Å²) in [5, 5.41) is 1.83. The van der Waals surface area contributed by atoms with Gasteiger partial charge in [0.15, 0.2) is 0 Å². The summed E-state index contributed by atoms with van der Waals surface area (Å²) in [5.74, 6) is 1.22. The largest absolute Gasteiger partial charge is 0.495 e. The number of nitrogens with one attached hydrogen (secondary N) is 1. The molecule has 0 fully saturated rings. The molecule has 80 valence electrons. The highest BCUT2D eigenvalue weighted by molar-refractivity contribution is 6.36. The zero-order chi connectivity index (χ0) is 11.0. The van der Waals surface area contributed by atoms with Crippen LogP contribution >= 0.6 is 11.6 Å². The molecular formula is C12H14ClNO. The fourth-order valence-corrected chi connectivity index (χ4v) is 2.17. The molecule has 0 spiro atoms. The second kappa shape index (κ2) is 3.78. The first-order valence-corrected chi connectivity index (χ1v) is 5.37. The number of ether oxygens (including phenoxy) is 1. The Morgan fingerprint density at radius 1 is 1.33 bits per heavy atom. The van der Waals surface area contributed by atoms with Gasteiger partial charge in [0, 0.05) is 11.1 Å². The normalized spacial score (nSPS) is 11.3. The van der Waals surface area contributed by atoms with Gasteiger partial charge in [0.2, 0.25) is 0 Å². The molecule has 0 saturated carbocycles. The maximum Gasteiger partial charge on any atom is 0.142 e. The van der Waals surface area contributed by atoms with E-state index in [1.165, 1.54) is 0 Å². The molecule has 0 atom stereocenters. The molecule has 15 heavy (non-hydrogen) atoms. The number of benzene rings is 1. The third kappa shape index (κ3) is 1.59. The van der Waals surface area contributed by atoms with Crippen molar-refractivity contribution in [1.29, 1.82) is 0 Å². The molecule has 0 amide bonds. The fraction of sp³-hybridized carbons (Fsp3) is 0.333. The van der Waals surface area contributed by atoms with E-state index in [-0.39, 0.29) is 0 Å². The SMILES string of the molecule is COc1cccc2c(Cl)c(C(C)C)[nH]c12. The van der Waals surface area contributed by atoms with Crippen molar-refractivity contribution in [2.24, 2.45) is 0 Å². The van der Waals surface area contributed by atoms with Gasteiger partial charge in [0.25, 0.3) is 0 Å². The molecule has 1 aromatic carbocycles. The summed E-state index contributed by atoms with van der Waals surface area (Å²) in [5.41, 5.74) is 2.05. The number of fused-ring (bicyclic) bond motifs is 1. The molecule has 0 aliphatic heterocycles. The minimum atomic E-state index is 0.384. The Morgan fingerprint density at radius 2 is 2.07 bits per heavy atom. The van der Waals surface area contributed by atoms with E-state index in [0.717, 1.165) is 27.4 Å². The first-order valence-electron chi connectivity index (χ1n) is 4.99. The number of hydrogen-bond acceptors (Lipinski definition) is 1. The maximum atomic E-state index is 6.29. The first kappa shape index (κ1) is 10.4. The van der Waals surface area contributed by atoms with Gasteiger partial charge in [0.1, 0.15) is 5.75 Å². The Bertz CT molecular complexity index is 488. The lowest BCUT2D eigenvalue weighted by Gasteiger charge is -2.01. The molecule has 1 aromatic heterocycles.